The van der Waals surface area contributed by atoms with Crippen LogP contribution in [0.25, 0.3) is 0 Å². The predicted octanol–water partition coefficient (Wildman–Crippen LogP) is 4.76. The molecule has 0 aromatic heterocycles. The van der Waals surface area contributed by atoms with E-state index >= 15 is 0 Å². The third kappa shape index (κ3) is 4.89. The Kier molecular flexibility index (Phi) is 7.57. The van der Waals surface area contributed by atoms with Gasteiger partial charge in [0.05, 0.1) is 15.4 Å². The largest absolute Gasteiger partial charge is 0.478 e. The highest BCUT2D eigenvalue weighted by atomic mass is 35.5. The molecule has 1 N–H and O–H groups in total. The molecule has 0 aliphatic rings. The SMILES string of the molecule is CCCCCCCCc1c(C(=O)O)cc([N+](=O)[O-])c(Cl)c1[N+](=O)[O-]. The van der Waals surface area contributed by atoms with Crippen molar-refractivity contribution in [2.45, 2.75) is 51.9 Å². The Labute approximate surface area is 143 Å². The van der Waals surface area contributed by atoms with E-state index < -0.39 is 37.8 Å². The summed E-state index contributed by atoms with van der Waals surface area (Å²) in [6, 6.07) is 0.796. The maximum atomic E-state index is 11.4. The molecule has 1 aromatic carbocycles. The second kappa shape index (κ2) is 9.17. The molecule has 1 rings (SSSR count). The summed E-state index contributed by atoms with van der Waals surface area (Å²) < 4.78 is 0. The second-order valence-electron chi connectivity index (χ2n) is 5.42. The minimum atomic E-state index is -1.45. The molecule has 0 amide bonds. The van der Waals surface area contributed by atoms with Crippen LogP contribution in [0.3, 0.4) is 0 Å². The van der Waals surface area contributed by atoms with Gasteiger partial charge in [0.1, 0.15) is 0 Å². The number of nitro groups is 2. The molecule has 1 aromatic rings. The molecule has 132 valence electrons. The number of nitro benzene ring substituents is 2. The van der Waals surface area contributed by atoms with Crippen LogP contribution in [0.4, 0.5) is 11.4 Å². The van der Waals surface area contributed by atoms with Crippen LogP contribution in [0.2, 0.25) is 5.02 Å². The van der Waals surface area contributed by atoms with Crippen molar-refractivity contribution in [1.29, 1.82) is 0 Å². The van der Waals surface area contributed by atoms with Crippen molar-refractivity contribution < 1.29 is 19.7 Å². The highest BCUT2D eigenvalue weighted by molar-refractivity contribution is 6.35. The minimum Gasteiger partial charge on any atom is -0.478 e. The average Bonchev–Trinajstić information content (AvgIpc) is 2.49. The van der Waals surface area contributed by atoms with Gasteiger partial charge in [0.2, 0.25) is 0 Å². The fourth-order valence-corrected chi connectivity index (χ4v) is 2.82. The third-order valence-corrected chi connectivity index (χ3v) is 4.09. The summed E-state index contributed by atoms with van der Waals surface area (Å²) in [5.41, 5.74) is -1.95. The normalized spacial score (nSPS) is 10.6. The first-order valence-electron chi connectivity index (χ1n) is 7.68. The number of halogens is 1. The van der Waals surface area contributed by atoms with Crippen LogP contribution >= 0.6 is 11.6 Å². The van der Waals surface area contributed by atoms with Gasteiger partial charge in [-0.25, -0.2) is 4.79 Å². The zero-order valence-corrected chi connectivity index (χ0v) is 14.0. The van der Waals surface area contributed by atoms with Gasteiger partial charge in [-0.1, -0.05) is 50.6 Å². The van der Waals surface area contributed by atoms with Crippen molar-refractivity contribution in [3.05, 3.63) is 42.4 Å². The first kappa shape index (κ1) is 19.8. The number of nitrogens with zero attached hydrogens (tertiary/aromatic N) is 2. The summed E-state index contributed by atoms with van der Waals surface area (Å²) in [6.45, 7) is 2.08. The van der Waals surface area contributed by atoms with Crippen LogP contribution in [0.5, 0.6) is 0 Å². The smallest absolute Gasteiger partial charge is 0.336 e. The van der Waals surface area contributed by atoms with E-state index in [2.05, 4.69) is 6.92 Å². The van der Waals surface area contributed by atoms with Crippen molar-refractivity contribution in [3.8, 4) is 0 Å². The quantitative estimate of drug-likeness (QED) is 0.365. The molecular weight excluding hydrogens is 340 g/mol. The van der Waals surface area contributed by atoms with Crippen molar-refractivity contribution in [2.75, 3.05) is 0 Å². The van der Waals surface area contributed by atoms with Crippen LogP contribution in [-0.2, 0) is 6.42 Å². The second-order valence-corrected chi connectivity index (χ2v) is 5.80. The molecule has 8 nitrogen and oxygen atoms in total. The molecule has 0 spiro atoms. The molecular formula is C15H19ClN2O6. The topological polar surface area (TPSA) is 124 Å². The van der Waals surface area contributed by atoms with Crippen molar-refractivity contribution in [1.82, 2.24) is 0 Å². The van der Waals surface area contributed by atoms with Crippen LogP contribution in [-0.4, -0.2) is 20.9 Å². The lowest BCUT2D eigenvalue weighted by molar-refractivity contribution is -0.394. The van der Waals surface area contributed by atoms with E-state index in [0.29, 0.717) is 6.42 Å². The molecule has 24 heavy (non-hydrogen) atoms. The van der Waals surface area contributed by atoms with Gasteiger partial charge in [-0.3, -0.25) is 20.2 Å². The standard InChI is InChI=1S/C15H19ClN2O6/c1-2-3-4-5-6-7-8-10-11(15(19)20)9-12(17(21)22)13(16)14(10)18(23)24/h9H,2-8H2,1H3,(H,19,20). The highest BCUT2D eigenvalue weighted by Gasteiger charge is 2.32. The van der Waals surface area contributed by atoms with Gasteiger partial charge in [-0.2, -0.15) is 0 Å². The number of carboxylic acids is 1. The third-order valence-electron chi connectivity index (χ3n) is 3.71. The fraction of sp³-hybridized carbons (Fsp3) is 0.533. The van der Waals surface area contributed by atoms with Gasteiger partial charge in [-0.05, 0) is 12.8 Å². The molecule has 0 bridgehead atoms. The summed E-state index contributed by atoms with van der Waals surface area (Å²) >= 11 is 5.79. The monoisotopic (exact) mass is 358 g/mol. The van der Waals surface area contributed by atoms with E-state index in [1.807, 2.05) is 0 Å². The molecule has 0 saturated carbocycles. The Morgan fingerprint density at radius 2 is 1.71 bits per heavy atom. The summed E-state index contributed by atoms with van der Waals surface area (Å²) in [4.78, 5) is 31.8. The number of rotatable bonds is 10. The fourth-order valence-electron chi connectivity index (χ4n) is 2.52. The van der Waals surface area contributed by atoms with Gasteiger partial charge >= 0.3 is 5.97 Å². The van der Waals surface area contributed by atoms with Crippen molar-refractivity contribution in [2.24, 2.45) is 0 Å². The summed E-state index contributed by atoms with van der Waals surface area (Å²) in [7, 11) is 0. The van der Waals surface area contributed by atoms with E-state index in [-0.39, 0.29) is 12.0 Å². The van der Waals surface area contributed by atoms with Gasteiger partial charge < -0.3 is 5.11 Å². The maximum absolute atomic E-state index is 11.4. The Bertz CT molecular complexity index is 647. The zero-order valence-electron chi connectivity index (χ0n) is 13.3. The number of carboxylic acid groups (broad SMARTS) is 1. The number of carbonyl (C=O) groups is 1. The van der Waals surface area contributed by atoms with E-state index in [9.17, 15) is 30.1 Å². The predicted molar refractivity (Wildman–Crippen MR) is 88.8 cm³/mol. The zero-order chi connectivity index (χ0) is 18.3. The first-order chi connectivity index (χ1) is 11.3. The van der Waals surface area contributed by atoms with Gasteiger partial charge in [0, 0.05) is 11.6 Å². The van der Waals surface area contributed by atoms with Crippen LogP contribution in [0, 0.1) is 20.2 Å². The maximum Gasteiger partial charge on any atom is 0.336 e. The molecule has 0 heterocycles. The lowest BCUT2D eigenvalue weighted by atomic mass is 9.97. The number of aromatic carboxylic acids is 1. The minimum absolute atomic E-state index is 0.0569. The molecule has 0 radical (unpaired) electrons. The van der Waals surface area contributed by atoms with Crippen LogP contribution < -0.4 is 0 Å². The molecule has 0 aliphatic carbocycles. The average molecular weight is 359 g/mol. The molecule has 0 unspecified atom stereocenters. The summed E-state index contributed by atoms with van der Waals surface area (Å²) in [5.74, 6) is -1.45. The highest BCUT2D eigenvalue weighted by Crippen LogP contribution is 2.39. The van der Waals surface area contributed by atoms with Crippen molar-refractivity contribution in [3.63, 3.8) is 0 Å². The van der Waals surface area contributed by atoms with Gasteiger partial charge in [0.25, 0.3) is 11.4 Å². The lowest BCUT2D eigenvalue weighted by Crippen LogP contribution is -2.09. The number of hydrogen-bond acceptors (Lipinski definition) is 5. The van der Waals surface area contributed by atoms with Gasteiger partial charge in [0.15, 0.2) is 5.02 Å². The van der Waals surface area contributed by atoms with Crippen LogP contribution in [0.1, 0.15) is 61.4 Å². The van der Waals surface area contributed by atoms with E-state index in [0.717, 1.165) is 38.2 Å². The first-order valence-corrected chi connectivity index (χ1v) is 8.06. The molecule has 0 saturated heterocycles. The number of hydrogen-bond donors (Lipinski definition) is 1. The molecule has 0 fully saturated rings. The van der Waals surface area contributed by atoms with E-state index in [1.54, 1.807) is 0 Å². The Hall–Kier alpha value is -2.22. The number of benzene rings is 1. The van der Waals surface area contributed by atoms with Gasteiger partial charge in [-0.15, -0.1) is 0 Å². The summed E-state index contributed by atoms with van der Waals surface area (Å²) in [6.07, 6.45) is 5.68. The Morgan fingerprint density at radius 1 is 1.12 bits per heavy atom. The van der Waals surface area contributed by atoms with Crippen molar-refractivity contribution >= 4 is 28.9 Å². The molecule has 0 atom stereocenters. The molecule has 0 aliphatic heterocycles. The summed E-state index contributed by atoms with van der Waals surface area (Å²) in [5, 5.41) is 30.8. The number of unbranched alkanes of at least 4 members (excludes halogenated alkanes) is 5. The van der Waals surface area contributed by atoms with E-state index in [1.165, 1.54) is 0 Å². The molecule has 9 heteroatoms. The Balaban J connectivity index is 3.16. The van der Waals surface area contributed by atoms with E-state index in [4.69, 9.17) is 11.6 Å². The van der Waals surface area contributed by atoms with Crippen LogP contribution in [0.15, 0.2) is 6.07 Å². The Morgan fingerprint density at radius 3 is 2.21 bits per heavy atom. The lowest BCUT2D eigenvalue weighted by Gasteiger charge is -2.09.